The molecule has 0 rings (SSSR count). The Bertz CT molecular complexity index is 294. The highest BCUT2D eigenvalue weighted by Crippen LogP contribution is 2.42. The van der Waals surface area contributed by atoms with E-state index in [0.29, 0.717) is 24.3 Å². The molecule has 0 aromatic carbocycles. The Kier molecular flexibility index (Phi) is 9.52. The summed E-state index contributed by atoms with van der Waals surface area (Å²) in [6, 6.07) is 0. The summed E-state index contributed by atoms with van der Waals surface area (Å²) >= 11 is 0. The summed E-state index contributed by atoms with van der Waals surface area (Å²) in [5, 5.41) is 0. The molecule has 0 aliphatic heterocycles. The Morgan fingerprint density at radius 2 is 1.47 bits per heavy atom. The fraction of sp³-hybridized carbons (Fsp3) is 1.00. The smallest absolute Gasteiger partial charge is 0.324 e. The molecule has 0 aliphatic rings. The van der Waals surface area contributed by atoms with Crippen molar-refractivity contribution >= 4 is 36.8 Å². The first-order chi connectivity index (χ1) is 7.77. The molecule has 6 nitrogen and oxygen atoms in total. The predicted octanol–water partition coefficient (Wildman–Crippen LogP) is 2.16. The van der Waals surface area contributed by atoms with Gasteiger partial charge in [-0.3, -0.25) is 9.13 Å². The van der Waals surface area contributed by atoms with Crippen molar-refractivity contribution in [3.63, 3.8) is 0 Å². The Labute approximate surface area is 109 Å². The van der Waals surface area contributed by atoms with Crippen molar-refractivity contribution in [2.75, 3.05) is 30.9 Å². The van der Waals surface area contributed by atoms with Gasteiger partial charge in [-0.15, -0.1) is 0 Å². The highest BCUT2D eigenvalue weighted by Gasteiger charge is 2.15. The third kappa shape index (κ3) is 13.2. The van der Waals surface area contributed by atoms with Crippen LogP contribution in [-0.2, 0) is 13.7 Å². The molecular formula is C7H18O6P2S2. The number of hydrogen-bond donors (Lipinski definition) is 3. The lowest BCUT2D eigenvalue weighted by Gasteiger charge is -2.07. The topological polar surface area (TPSA) is 104 Å². The normalized spacial score (nSPS) is 15.8. The lowest BCUT2D eigenvalue weighted by molar-refractivity contribution is 0.315. The summed E-state index contributed by atoms with van der Waals surface area (Å²) < 4.78 is 26.0. The van der Waals surface area contributed by atoms with Crippen LogP contribution in [0.15, 0.2) is 0 Å². The molecule has 0 aliphatic carbocycles. The summed E-state index contributed by atoms with van der Waals surface area (Å²) in [5.41, 5.74) is 0. The molecule has 0 saturated heterocycles. The first kappa shape index (κ1) is 18.0. The molecule has 1 unspecified atom stereocenters. The van der Waals surface area contributed by atoms with Gasteiger partial charge in [-0.05, 0) is 12.8 Å². The maximum absolute atomic E-state index is 11.1. The monoisotopic (exact) mass is 324 g/mol. The van der Waals surface area contributed by atoms with Crippen LogP contribution in [0.25, 0.3) is 0 Å². The van der Waals surface area contributed by atoms with Gasteiger partial charge in [0.25, 0.3) is 0 Å². The van der Waals surface area contributed by atoms with Crippen LogP contribution in [0, 0.1) is 0 Å². The molecule has 0 spiro atoms. The maximum atomic E-state index is 11.1. The first-order valence-corrected chi connectivity index (χ1v) is 11.0. The van der Waals surface area contributed by atoms with Crippen LogP contribution in [0.3, 0.4) is 0 Å². The van der Waals surface area contributed by atoms with E-state index in [1.54, 1.807) is 0 Å². The molecule has 0 radical (unpaired) electrons. The zero-order valence-electron chi connectivity index (χ0n) is 9.52. The summed E-state index contributed by atoms with van der Waals surface area (Å²) in [6.07, 6.45) is 1.10. The Hall–Kier alpha value is 1.00. The molecule has 0 aromatic rings. The van der Waals surface area contributed by atoms with E-state index < -0.39 is 15.2 Å². The minimum atomic E-state index is -3.86. The molecule has 0 aromatic heterocycles. The van der Waals surface area contributed by atoms with Crippen molar-refractivity contribution in [1.29, 1.82) is 0 Å². The van der Waals surface area contributed by atoms with Gasteiger partial charge in [0, 0.05) is 18.6 Å². The fourth-order valence-electron chi connectivity index (χ4n) is 0.862. The average Bonchev–Trinajstić information content (AvgIpc) is 2.20. The van der Waals surface area contributed by atoms with Gasteiger partial charge >= 0.3 is 15.2 Å². The van der Waals surface area contributed by atoms with E-state index in [9.17, 15) is 9.13 Å². The molecule has 17 heavy (non-hydrogen) atoms. The third-order valence-corrected chi connectivity index (χ3v) is 6.64. The van der Waals surface area contributed by atoms with Gasteiger partial charge in [-0.2, -0.15) is 0 Å². The second-order valence-electron chi connectivity index (χ2n) is 3.28. The Morgan fingerprint density at radius 3 is 1.88 bits per heavy atom. The van der Waals surface area contributed by atoms with E-state index in [4.69, 9.17) is 14.7 Å². The summed E-state index contributed by atoms with van der Waals surface area (Å²) in [7, 11) is -2.99. The molecule has 3 N–H and O–H groups in total. The van der Waals surface area contributed by atoms with Crippen LogP contribution in [0.5, 0.6) is 0 Å². The van der Waals surface area contributed by atoms with Crippen molar-refractivity contribution in [3.05, 3.63) is 0 Å². The highest BCUT2D eigenvalue weighted by molar-refractivity contribution is 8.76. The molecule has 0 bridgehead atoms. The van der Waals surface area contributed by atoms with Crippen molar-refractivity contribution in [2.45, 2.75) is 12.8 Å². The maximum Gasteiger partial charge on any atom is 0.327 e. The van der Waals surface area contributed by atoms with Crippen LogP contribution in [0.2, 0.25) is 0 Å². The average molecular weight is 324 g/mol. The second kappa shape index (κ2) is 8.99. The van der Waals surface area contributed by atoms with E-state index in [2.05, 4.69) is 4.52 Å². The largest absolute Gasteiger partial charge is 0.327 e. The van der Waals surface area contributed by atoms with E-state index in [0.717, 1.165) is 0 Å². The van der Waals surface area contributed by atoms with Crippen LogP contribution >= 0.6 is 36.8 Å². The molecule has 0 fully saturated rings. The molecule has 0 heterocycles. The lowest BCUT2D eigenvalue weighted by atomic mass is 10.6. The molecule has 0 saturated carbocycles. The quantitative estimate of drug-likeness (QED) is 0.319. The molecule has 0 amide bonds. The van der Waals surface area contributed by atoms with Crippen molar-refractivity contribution in [2.24, 2.45) is 0 Å². The highest BCUT2D eigenvalue weighted by atomic mass is 33.1. The minimum absolute atomic E-state index is 0.0872. The van der Waals surface area contributed by atoms with Gasteiger partial charge in [0.2, 0.25) is 0 Å². The van der Waals surface area contributed by atoms with Crippen molar-refractivity contribution in [3.8, 4) is 0 Å². The van der Waals surface area contributed by atoms with Gasteiger partial charge in [-0.25, -0.2) is 0 Å². The molecular weight excluding hydrogens is 306 g/mol. The van der Waals surface area contributed by atoms with Gasteiger partial charge in [0.1, 0.15) is 0 Å². The number of rotatable bonds is 10. The standard InChI is InChI=1S/C7H18O6P2S2/c1-13-15(11,12)5-3-7-17-16-6-2-4-14(8,9)10/h2-7H2,1H3,(H,11,12)(H2,8,9,10). The van der Waals surface area contributed by atoms with E-state index in [1.165, 1.54) is 28.7 Å². The van der Waals surface area contributed by atoms with E-state index in [1.807, 2.05) is 0 Å². The lowest BCUT2D eigenvalue weighted by Crippen LogP contribution is -1.93. The summed E-state index contributed by atoms with van der Waals surface area (Å²) in [6.45, 7) is 0. The van der Waals surface area contributed by atoms with Gasteiger partial charge in [0.05, 0.1) is 12.3 Å². The van der Waals surface area contributed by atoms with Crippen LogP contribution < -0.4 is 0 Å². The fourth-order valence-corrected chi connectivity index (χ4v) is 4.77. The van der Waals surface area contributed by atoms with Crippen LogP contribution in [0.4, 0.5) is 0 Å². The SMILES string of the molecule is COP(=O)(O)CCCSSCCCP(=O)(O)O. The van der Waals surface area contributed by atoms with Crippen LogP contribution in [-0.4, -0.2) is 45.6 Å². The zero-order valence-corrected chi connectivity index (χ0v) is 12.9. The van der Waals surface area contributed by atoms with Crippen LogP contribution in [0.1, 0.15) is 12.8 Å². The number of hydrogen-bond acceptors (Lipinski definition) is 5. The third-order valence-electron chi connectivity index (χ3n) is 1.71. The van der Waals surface area contributed by atoms with Gasteiger partial charge in [0.15, 0.2) is 0 Å². The molecule has 1 atom stereocenters. The first-order valence-electron chi connectivity index (χ1n) is 4.93. The Balaban J connectivity index is 3.31. The predicted molar refractivity (Wildman–Crippen MR) is 72.8 cm³/mol. The van der Waals surface area contributed by atoms with Crippen molar-refractivity contribution in [1.82, 2.24) is 0 Å². The summed E-state index contributed by atoms with van der Waals surface area (Å²) in [5.74, 6) is 1.38. The zero-order chi connectivity index (χ0) is 13.4. The summed E-state index contributed by atoms with van der Waals surface area (Å²) in [4.78, 5) is 26.3. The minimum Gasteiger partial charge on any atom is -0.324 e. The Morgan fingerprint density at radius 1 is 1.00 bits per heavy atom. The van der Waals surface area contributed by atoms with Gasteiger partial charge < -0.3 is 19.2 Å². The van der Waals surface area contributed by atoms with E-state index in [-0.39, 0.29) is 12.3 Å². The van der Waals surface area contributed by atoms with Gasteiger partial charge in [-0.1, -0.05) is 21.6 Å². The molecule has 104 valence electrons. The van der Waals surface area contributed by atoms with E-state index >= 15 is 0 Å². The second-order valence-corrected chi connectivity index (χ2v) is 9.85. The van der Waals surface area contributed by atoms with Crippen molar-refractivity contribution < 1.29 is 28.3 Å². The molecule has 10 heteroatoms.